The maximum Gasteiger partial charge on any atom is 0.227 e. The van der Waals surface area contributed by atoms with Gasteiger partial charge in [-0.05, 0) is 43.5 Å². The molecule has 1 unspecified atom stereocenters. The predicted molar refractivity (Wildman–Crippen MR) is 87.0 cm³/mol. The Morgan fingerprint density at radius 1 is 1.48 bits per heavy atom. The monoisotopic (exact) mass is 312 g/mol. The van der Waals surface area contributed by atoms with Crippen molar-refractivity contribution in [3.63, 3.8) is 0 Å². The first-order chi connectivity index (χ1) is 9.61. The van der Waals surface area contributed by atoms with Gasteiger partial charge in [0.1, 0.15) is 5.75 Å². The van der Waals surface area contributed by atoms with Gasteiger partial charge in [0.25, 0.3) is 0 Å². The Bertz CT molecular complexity index is 473. The average molecular weight is 313 g/mol. The summed E-state index contributed by atoms with van der Waals surface area (Å²) in [7, 11) is 3.56. The highest BCUT2D eigenvalue weighted by Crippen LogP contribution is 2.20. The van der Waals surface area contributed by atoms with Gasteiger partial charge in [-0.25, -0.2) is 0 Å². The average Bonchev–Trinajstić information content (AvgIpc) is 2.47. The number of hydrogen-bond acceptors (Lipinski definition) is 3. The quantitative estimate of drug-likeness (QED) is 0.928. The number of carbonyl (C=O) groups is 1. The molecule has 5 heteroatoms. The number of amides is 1. The van der Waals surface area contributed by atoms with Crippen molar-refractivity contribution in [2.45, 2.75) is 26.3 Å². The Kier molecular flexibility index (Phi) is 6.99. The van der Waals surface area contributed by atoms with Crippen LogP contribution in [0.25, 0.3) is 0 Å². The van der Waals surface area contributed by atoms with E-state index < -0.39 is 0 Å². The Balaban J connectivity index is 0.00000220. The van der Waals surface area contributed by atoms with Crippen molar-refractivity contribution in [3.05, 3.63) is 29.3 Å². The minimum absolute atomic E-state index is 0. The van der Waals surface area contributed by atoms with E-state index in [0.717, 1.165) is 42.8 Å². The van der Waals surface area contributed by atoms with E-state index in [1.165, 1.54) is 0 Å². The molecule has 1 aromatic rings. The van der Waals surface area contributed by atoms with E-state index in [0.29, 0.717) is 6.54 Å². The molecule has 118 valence electrons. The molecule has 0 saturated carbocycles. The van der Waals surface area contributed by atoms with Gasteiger partial charge in [0, 0.05) is 20.1 Å². The largest absolute Gasteiger partial charge is 0.496 e. The second-order valence-electron chi connectivity index (χ2n) is 5.54. The molecule has 0 bridgehead atoms. The van der Waals surface area contributed by atoms with Crippen molar-refractivity contribution in [2.24, 2.45) is 5.92 Å². The fraction of sp³-hybridized carbons (Fsp3) is 0.562. The van der Waals surface area contributed by atoms with Crippen molar-refractivity contribution in [1.29, 1.82) is 0 Å². The summed E-state index contributed by atoms with van der Waals surface area (Å²) >= 11 is 0. The fourth-order valence-corrected chi connectivity index (χ4v) is 2.76. The lowest BCUT2D eigenvalue weighted by molar-refractivity contribution is -0.135. The zero-order chi connectivity index (χ0) is 14.5. The van der Waals surface area contributed by atoms with E-state index in [4.69, 9.17) is 4.74 Å². The molecule has 1 amide bonds. The molecule has 4 nitrogen and oxygen atoms in total. The summed E-state index contributed by atoms with van der Waals surface area (Å²) in [6, 6.07) is 6.07. The Morgan fingerprint density at radius 3 is 2.81 bits per heavy atom. The van der Waals surface area contributed by atoms with Crippen LogP contribution < -0.4 is 10.1 Å². The summed E-state index contributed by atoms with van der Waals surface area (Å²) in [6.45, 7) is 4.52. The number of piperidine rings is 1. The number of ether oxygens (including phenoxy) is 1. The normalized spacial score (nSPS) is 17.8. The predicted octanol–water partition coefficient (Wildman–Crippen LogP) is 2.38. The summed E-state index contributed by atoms with van der Waals surface area (Å²) in [4.78, 5) is 14.2. The standard InChI is InChI=1S/C16H24N2O2.ClH/c1-12-9-13(6-7-15(12)20-3)11-18(2)16(19)14-5-4-8-17-10-14;/h6-7,9,14,17H,4-5,8,10-11H2,1-3H3;1H. The van der Waals surface area contributed by atoms with Gasteiger partial charge >= 0.3 is 0 Å². The molecule has 1 N–H and O–H groups in total. The van der Waals surface area contributed by atoms with Crippen LogP contribution >= 0.6 is 12.4 Å². The third kappa shape index (κ3) is 4.61. The highest BCUT2D eigenvalue weighted by molar-refractivity contribution is 5.85. The number of aryl methyl sites for hydroxylation is 1. The van der Waals surface area contributed by atoms with Crippen LogP contribution in [-0.4, -0.2) is 38.1 Å². The first kappa shape index (κ1) is 17.8. The maximum absolute atomic E-state index is 12.4. The summed E-state index contributed by atoms with van der Waals surface area (Å²) in [5.74, 6) is 1.26. The molecule has 1 saturated heterocycles. The van der Waals surface area contributed by atoms with Crippen molar-refractivity contribution >= 4 is 18.3 Å². The van der Waals surface area contributed by atoms with Crippen LogP contribution in [0.1, 0.15) is 24.0 Å². The molecule has 0 aliphatic carbocycles. The van der Waals surface area contributed by atoms with Crippen LogP contribution in [0.2, 0.25) is 0 Å². The lowest BCUT2D eigenvalue weighted by Crippen LogP contribution is -2.41. The lowest BCUT2D eigenvalue weighted by atomic mass is 9.98. The molecule has 0 radical (unpaired) electrons. The number of halogens is 1. The van der Waals surface area contributed by atoms with Crippen LogP contribution in [0.4, 0.5) is 0 Å². The third-order valence-electron chi connectivity index (χ3n) is 3.90. The molecule has 1 atom stereocenters. The topological polar surface area (TPSA) is 41.6 Å². The molecular formula is C16H25ClN2O2. The molecule has 0 aromatic heterocycles. The van der Waals surface area contributed by atoms with Crippen molar-refractivity contribution in [1.82, 2.24) is 10.2 Å². The van der Waals surface area contributed by atoms with Gasteiger partial charge in [-0.3, -0.25) is 4.79 Å². The zero-order valence-electron chi connectivity index (χ0n) is 13.0. The van der Waals surface area contributed by atoms with E-state index in [2.05, 4.69) is 11.4 Å². The van der Waals surface area contributed by atoms with Gasteiger partial charge in [-0.2, -0.15) is 0 Å². The number of hydrogen-bond donors (Lipinski definition) is 1. The van der Waals surface area contributed by atoms with Crippen molar-refractivity contribution in [2.75, 3.05) is 27.2 Å². The Hall–Kier alpha value is -1.26. The number of benzene rings is 1. The Labute approximate surface area is 133 Å². The summed E-state index contributed by atoms with van der Waals surface area (Å²) in [5, 5.41) is 3.29. The zero-order valence-corrected chi connectivity index (χ0v) is 13.8. The number of methoxy groups -OCH3 is 1. The van der Waals surface area contributed by atoms with E-state index in [9.17, 15) is 4.79 Å². The summed E-state index contributed by atoms with van der Waals surface area (Å²) in [5.41, 5.74) is 2.24. The van der Waals surface area contributed by atoms with Gasteiger partial charge in [-0.15, -0.1) is 12.4 Å². The number of nitrogens with zero attached hydrogens (tertiary/aromatic N) is 1. The van der Waals surface area contributed by atoms with Gasteiger partial charge < -0.3 is 15.0 Å². The third-order valence-corrected chi connectivity index (χ3v) is 3.90. The molecule has 2 rings (SSSR count). The van der Waals surface area contributed by atoms with E-state index >= 15 is 0 Å². The molecule has 1 aromatic carbocycles. The fourth-order valence-electron chi connectivity index (χ4n) is 2.76. The molecule has 1 heterocycles. The van der Waals surface area contributed by atoms with Crippen LogP contribution in [0.3, 0.4) is 0 Å². The molecule has 1 aliphatic heterocycles. The minimum Gasteiger partial charge on any atom is -0.496 e. The summed E-state index contributed by atoms with van der Waals surface area (Å²) < 4.78 is 5.26. The first-order valence-electron chi connectivity index (χ1n) is 7.21. The maximum atomic E-state index is 12.4. The number of carbonyl (C=O) groups excluding carboxylic acids is 1. The van der Waals surface area contributed by atoms with Gasteiger partial charge in [0.05, 0.1) is 13.0 Å². The second kappa shape index (κ2) is 8.25. The molecule has 0 spiro atoms. The number of rotatable bonds is 4. The smallest absolute Gasteiger partial charge is 0.227 e. The van der Waals surface area contributed by atoms with Gasteiger partial charge in [0.2, 0.25) is 5.91 Å². The molecular weight excluding hydrogens is 288 g/mol. The van der Waals surface area contributed by atoms with Crippen LogP contribution in [-0.2, 0) is 11.3 Å². The molecule has 21 heavy (non-hydrogen) atoms. The lowest BCUT2D eigenvalue weighted by Gasteiger charge is -2.27. The van der Waals surface area contributed by atoms with Crippen molar-refractivity contribution < 1.29 is 9.53 Å². The van der Waals surface area contributed by atoms with Gasteiger partial charge in [-0.1, -0.05) is 12.1 Å². The van der Waals surface area contributed by atoms with E-state index in [1.54, 1.807) is 7.11 Å². The molecule has 1 aliphatic rings. The van der Waals surface area contributed by atoms with E-state index in [1.807, 2.05) is 31.0 Å². The van der Waals surface area contributed by atoms with E-state index in [-0.39, 0.29) is 24.2 Å². The van der Waals surface area contributed by atoms with Crippen LogP contribution in [0, 0.1) is 12.8 Å². The van der Waals surface area contributed by atoms with Crippen LogP contribution in [0.15, 0.2) is 18.2 Å². The SMILES string of the molecule is COc1ccc(CN(C)C(=O)C2CCCNC2)cc1C.Cl. The first-order valence-corrected chi connectivity index (χ1v) is 7.21. The van der Waals surface area contributed by atoms with Crippen molar-refractivity contribution in [3.8, 4) is 5.75 Å². The van der Waals surface area contributed by atoms with Crippen LogP contribution in [0.5, 0.6) is 5.75 Å². The van der Waals surface area contributed by atoms with Gasteiger partial charge in [0.15, 0.2) is 0 Å². The minimum atomic E-state index is 0. The highest BCUT2D eigenvalue weighted by Gasteiger charge is 2.23. The second-order valence-corrected chi connectivity index (χ2v) is 5.54. The highest BCUT2D eigenvalue weighted by atomic mass is 35.5. The summed E-state index contributed by atoms with van der Waals surface area (Å²) in [6.07, 6.45) is 2.09. The molecule has 1 fully saturated rings. The number of nitrogens with one attached hydrogen (secondary N) is 1. The Morgan fingerprint density at radius 2 is 2.24 bits per heavy atom.